The molecule has 0 bridgehead atoms. The predicted molar refractivity (Wildman–Crippen MR) is 77.4 cm³/mol. The van der Waals surface area contributed by atoms with Crippen LogP contribution in [0.1, 0.15) is 53.9 Å². The van der Waals surface area contributed by atoms with E-state index in [4.69, 9.17) is 11.2 Å². The Balaban J connectivity index is 2.41. The highest BCUT2D eigenvalue weighted by Gasteiger charge is 2.49. The Hall–Kier alpha value is -0.520. The lowest BCUT2D eigenvalue weighted by Crippen LogP contribution is -2.62. The van der Waals surface area contributed by atoms with Gasteiger partial charge in [0.1, 0.15) is 0 Å². The van der Waals surface area contributed by atoms with Crippen molar-refractivity contribution in [2.24, 2.45) is 11.3 Å². The second-order valence-corrected chi connectivity index (χ2v) is 6.50. The highest BCUT2D eigenvalue weighted by molar-refractivity contribution is 5.08. The zero-order valence-electron chi connectivity index (χ0n) is 12.6. The minimum atomic E-state index is 0.192. The molecule has 1 N–H and O–H groups in total. The van der Waals surface area contributed by atoms with Gasteiger partial charge in [-0.3, -0.25) is 0 Å². The van der Waals surface area contributed by atoms with Gasteiger partial charge in [-0.15, -0.1) is 6.42 Å². The van der Waals surface area contributed by atoms with E-state index in [0.717, 1.165) is 25.9 Å². The summed E-state index contributed by atoms with van der Waals surface area (Å²) >= 11 is 0. The van der Waals surface area contributed by atoms with E-state index in [1.54, 1.807) is 0 Å². The van der Waals surface area contributed by atoms with E-state index in [-0.39, 0.29) is 11.5 Å². The zero-order valence-corrected chi connectivity index (χ0v) is 12.6. The van der Waals surface area contributed by atoms with E-state index in [1.165, 1.54) is 0 Å². The van der Waals surface area contributed by atoms with E-state index in [1.807, 2.05) is 0 Å². The maximum atomic E-state index is 5.97. The summed E-state index contributed by atoms with van der Waals surface area (Å²) in [4.78, 5) is 0. The van der Waals surface area contributed by atoms with E-state index >= 15 is 0 Å². The van der Waals surface area contributed by atoms with Gasteiger partial charge in [0.25, 0.3) is 0 Å². The first-order valence-corrected chi connectivity index (χ1v) is 7.25. The van der Waals surface area contributed by atoms with Crippen LogP contribution >= 0.6 is 0 Å². The summed E-state index contributed by atoms with van der Waals surface area (Å²) in [7, 11) is 0. The lowest BCUT2D eigenvalue weighted by molar-refractivity contribution is -0.124. The zero-order chi connectivity index (χ0) is 13.8. The van der Waals surface area contributed by atoms with Gasteiger partial charge in [0.05, 0.1) is 12.1 Å². The van der Waals surface area contributed by atoms with E-state index in [0.29, 0.717) is 18.1 Å². The molecule has 1 aliphatic carbocycles. The second-order valence-electron chi connectivity index (χ2n) is 6.50. The number of rotatable bonds is 7. The Labute approximate surface area is 113 Å². The van der Waals surface area contributed by atoms with E-state index < -0.39 is 0 Å². The maximum Gasteiger partial charge on any atom is 0.0689 e. The number of hydrogen-bond donors (Lipinski definition) is 1. The summed E-state index contributed by atoms with van der Waals surface area (Å²) in [6, 6.07) is 0.701. The molecule has 1 saturated carbocycles. The van der Waals surface area contributed by atoms with Crippen molar-refractivity contribution in [3.63, 3.8) is 0 Å². The number of hydrogen-bond acceptors (Lipinski definition) is 2. The van der Waals surface area contributed by atoms with Crippen LogP contribution in [-0.2, 0) is 4.74 Å². The third kappa shape index (κ3) is 3.73. The van der Waals surface area contributed by atoms with Gasteiger partial charge in [0, 0.05) is 18.1 Å². The summed E-state index contributed by atoms with van der Waals surface area (Å²) < 4.78 is 5.97. The smallest absolute Gasteiger partial charge is 0.0689 e. The van der Waals surface area contributed by atoms with E-state index in [2.05, 4.69) is 45.9 Å². The van der Waals surface area contributed by atoms with Crippen LogP contribution < -0.4 is 5.32 Å². The Kier molecular flexibility index (Phi) is 5.69. The fourth-order valence-corrected chi connectivity index (χ4v) is 2.51. The van der Waals surface area contributed by atoms with Gasteiger partial charge in [-0.05, 0) is 18.8 Å². The number of terminal acetylenes is 1. The molecule has 1 fully saturated rings. The predicted octanol–water partition coefficient (Wildman–Crippen LogP) is 3.22. The van der Waals surface area contributed by atoms with Crippen molar-refractivity contribution >= 4 is 0 Å². The van der Waals surface area contributed by atoms with Crippen LogP contribution in [0.2, 0.25) is 0 Å². The summed E-state index contributed by atoms with van der Waals surface area (Å²) in [5, 5.41) is 3.60. The molecule has 1 aliphatic rings. The fourth-order valence-electron chi connectivity index (χ4n) is 2.51. The van der Waals surface area contributed by atoms with Crippen LogP contribution in [0.15, 0.2) is 0 Å². The average Bonchev–Trinajstić information content (AvgIpc) is 2.30. The van der Waals surface area contributed by atoms with Crippen molar-refractivity contribution in [3.05, 3.63) is 0 Å². The van der Waals surface area contributed by atoms with Crippen LogP contribution in [-0.4, -0.2) is 24.8 Å². The van der Waals surface area contributed by atoms with Crippen LogP contribution in [0.5, 0.6) is 0 Å². The van der Waals surface area contributed by atoms with Gasteiger partial charge >= 0.3 is 0 Å². The molecule has 0 saturated heterocycles. The molecule has 104 valence electrons. The molecule has 3 unspecified atom stereocenters. The SMILES string of the molecule is C#CC(CCC)NC1CC(OCC(C)C)C1(C)C. The van der Waals surface area contributed by atoms with Gasteiger partial charge in [0.15, 0.2) is 0 Å². The Morgan fingerprint density at radius 3 is 2.56 bits per heavy atom. The van der Waals surface area contributed by atoms with Gasteiger partial charge < -0.3 is 10.1 Å². The molecule has 0 radical (unpaired) electrons. The minimum absolute atomic E-state index is 0.192. The molecule has 2 heteroatoms. The molecular weight excluding hydrogens is 222 g/mol. The standard InChI is InChI=1S/C16H29NO/c1-7-9-13(8-2)17-14-10-15(16(14,5)6)18-11-12(3)4/h2,12-15,17H,7,9-11H2,1,3-6H3. The van der Waals surface area contributed by atoms with Crippen LogP contribution in [0.4, 0.5) is 0 Å². The molecular formula is C16H29NO. The van der Waals surface area contributed by atoms with Crippen molar-refractivity contribution < 1.29 is 4.74 Å². The summed E-state index contributed by atoms with van der Waals surface area (Å²) in [5.74, 6) is 3.46. The first-order valence-electron chi connectivity index (χ1n) is 7.25. The lowest BCUT2D eigenvalue weighted by Gasteiger charge is -2.52. The quantitative estimate of drug-likeness (QED) is 0.702. The Morgan fingerprint density at radius 2 is 2.11 bits per heavy atom. The Bertz CT molecular complexity index is 290. The molecule has 2 nitrogen and oxygen atoms in total. The summed E-state index contributed by atoms with van der Waals surface area (Å²) in [6.07, 6.45) is 9.20. The molecule has 3 atom stereocenters. The van der Waals surface area contributed by atoms with Crippen molar-refractivity contribution in [1.82, 2.24) is 5.32 Å². The molecule has 18 heavy (non-hydrogen) atoms. The van der Waals surface area contributed by atoms with E-state index in [9.17, 15) is 0 Å². The number of nitrogens with one attached hydrogen (secondary N) is 1. The van der Waals surface area contributed by atoms with Crippen LogP contribution in [0.3, 0.4) is 0 Å². The molecule has 0 aliphatic heterocycles. The van der Waals surface area contributed by atoms with Crippen molar-refractivity contribution in [2.75, 3.05) is 6.61 Å². The lowest BCUT2D eigenvalue weighted by atomic mass is 9.64. The average molecular weight is 251 g/mol. The highest BCUT2D eigenvalue weighted by atomic mass is 16.5. The van der Waals surface area contributed by atoms with Crippen molar-refractivity contribution in [1.29, 1.82) is 0 Å². The van der Waals surface area contributed by atoms with Crippen LogP contribution in [0, 0.1) is 23.7 Å². The minimum Gasteiger partial charge on any atom is -0.377 e. The van der Waals surface area contributed by atoms with Crippen molar-refractivity contribution in [2.45, 2.75) is 72.1 Å². The second kappa shape index (κ2) is 6.59. The normalized spacial score (nSPS) is 27.6. The highest BCUT2D eigenvalue weighted by Crippen LogP contribution is 2.43. The van der Waals surface area contributed by atoms with Gasteiger partial charge in [-0.2, -0.15) is 0 Å². The fraction of sp³-hybridized carbons (Fsp3) is 0.875. The first-order chi connectivity index (χ1) is 8.41. The maximum absolute atomic E-state index is 5.97. The molecule has 0 amide bonds. The monoisotopic (exact) mass is 251 g/mol. The van der Waals surface area contributed by atoms with Gasteiger partial charge in [-0.1, -0.05) is 47.0 Å². The summed E-state index contributed by atoms with van der Waals surface area (Å²) in [6.45, 7) is 12.0. The first kappa shape index (κ1) is 15.5. The summed E-state index contributed by atoms with van der Waals surface area (Å²) in [5.41, 5.74) is 0.192. The molecule has 0 heterocycles. The third-order valence-electron chi connectivity index (χ3n) is 3.99. The molecule has 0 aromatic carbocycles. The topological polar surface area (TPSA) is 21.3 Å². The molecule has 0 aromatic heterocycles. The number of ether oxygens (including phenoxy) is 1. The van der Waals surface area contributed by atoms with Crippen LogP contribution in [0.25, 0.3) is 0 Å². The largest absolute Gasteiger partial charge is 0.377 e. The van der Waals surface area contributed by atoms with Crippen molar-refractivity contribution in [3.8, 4) is 12.3 Å². The Morgan fingerprint density at radius 1 is 1.44 bits per heavy atom. The molecule has 0 spiro atoms. The van der Waals surface area contributed by atoms with Gasteiger partial charge in [-0.25, -0.2) is 0 Å². The molecule has 1 rings (SSSR count). The third-order valence-corrected chi connectivity index (χ3v) is 3.99. The molecule has 0 aromatic rings. The van der Waals surface area contributed by atoms with Gasteiger partial charge in [0.2, 0.25) is 0 Å².